The number of fused-ring (bicyclic) bond motifs is 1. The molecule has 0 unspecified atom stereocenters. The second kappa shape index (κ2) is 6.89. The van der Waals surface area contributed by atoms with Crippen LogP contribution in [-0.2, 0) is 0 Å². The number of nitrogens with zero attached hydrogens (tertiary/aromatic N) is 3. The molecule has 4 heteroatoms. The summed E-state index contributed by atoms with van der Waals surface area (Å²) in [5.41, 5.74) is 5.70. The molecule has 0 saturated heterocycles. The van der Waals surface area contributed by atoms with Gasteiger partial charge in [-0.1, -0.05) is 48.5 Å². The molecule has 4 rings (SSSR count). The molecule has 1 N–H and O–H groups in total. The fourth-order valence-corrected chi connectivity index (χ4v) is 3.23. The second-order valence-corrected chi connectivity index (χ2v) is 6.36. The van der Waals surface area contributed by atoms with Crippen molar-refractivity contribution in [2.24, 2.45) is 0 Å². The third-order valence-corrected chi connectivity index (χ3v) is 4.57. The van der Waals surface area contributed by atoms with Gasteiger partial charge in [-0.3, -0.25) is 0 Å². The van der Waals surface area contributed by atoms with Crippen molar-refractivity contribution >= 4 is 22.4 Å². The molecule has 0 saturated carbocycles. The SMILES string of the molecule is [C-]#[N+]c1cccc(-c2cc(C)c3nc(-c4ccccc4)nc(NC)c3c2)c1. The Morgan fingerprint density at radius 3 is 2.37 bits per heavy atom. The van der Waals surface area contributed by atoms with E-state index < -0.39 is 0 Å². The van der Waals surface area contributed by atoms with Crippen LogP contribution in [0.1, 0.15) is 5.56 Å². The van der Waals surface area contributed by atoms with Crippen LogP contribution in [0.4, 0.5) is 11.5 Å². The van der Waals surface area contributed by atoms with Gasteiger partial charge in [-0.25, -0.2) is 14.8 Å². The maximum atomic E-state index is 7.24. The van der Waals surface area contributed by atoms with Crippen molar-refractivity contribution in [3.05, 3.63) is 83.7 Å². The minimum absolute atomic E-state index is 0.634. The van der Waals surface area contributed by atoms with Gasteiger partial charge in [0.15, 0.2) is 11.5 Å². The monoisotopic (exact) mass is 350 g/mol. The highest BCUT2D eigenvalue weighted by atomic mass is 15.0. The lowest BCUT2D eigenvalue weighted by atomic mass is 9.99. The third kappa shape index (κ3) is 3.11. The minimum atomic E-state index is 0.634. The van der Waals surface area contributed by atoms with Crippen molar-refractivity contribution in [1.29, 1.82) is 0 Å². The normalized spacial score (nSPS) is 10.6. The van der Waals surface area contributed by atoms with Gasteiger partial charge < -0.3 is 5.32 Å². The van der Waals surface area contributed by atoms with Crippen LogP contribution in [0.5, 0.6) is 0 Å². The summed E-state index contributed by atoms with van der Waals surface area (Å²) in [6, 6.07) is 21.9. The Kier molecular flexibility index (Phi) is 4.27. The summed E-state index contributed by atoms with van der Waals surface area (Å²) >= 11 is 0. The largest absolute Gasteiger partial charge is 0.373 e. The Bertz CT molecular complexity index is 1170. The highest BCUT2D eigenvalue weighted by Crippen LogP contribution is 2.33. The van der Waals surface area contributed by atoms with Gasteiger partial charge >= 0.3 is 0 Å². The van der Waals surface area contributed by atoms with E-state index in [9.17, 15) is 0 Å². The molecule has 3 aromatic carbocycles. The lowest BCUT2D eigenvalue weighted by Gasteiger charge is -2.13. The van der Waals surface area contributed by atoms with Gasteiger partial charge in [0.2, 0.25) is 0 Å². The smallest absolute Gasteiger partial charge is 0.187 e. The number of hydrogen-bond donors (Lipinski definition) is 1. The summed E-state index contributed by atoms with van der Waals surface area (Å²) in [5.74, 6) is 1.50. The van der Waals surface area contributed by atoms with Crippen LogP contribution >= 0.6 is 0 Å². The average Bonchev–Trinajstić information content (AvgIpc) is 2.73. The van der Waals surface area contributed by atoms with Crippen molar-refractivity contribution in [2.45, 2.75) is 6.92 Å². The molecule has 4 nitrogen and oxygen atoms in total. The topological polar surface area (TPSA) is 42.2 Å². The molecule has 0 radical (unpaired) electrons. The molecule has 1 aromatic heterocycles. The predicted molar refractivity (Wildman–Crippen MR) is 111 cm³/mol. The highest BCUT2D eigenvalue weighted by molar-refractivity contribution is 5.96. The number of aryl methyl sites for hydroxylation is 1. The minimum Gasteiger partial charge on any atom is -0.373 e. The molecule has 0 aliphatic rings. The third-order valence-electron chi connectivity index (χ3n) is 4.57. The molecule has 0 bridgehead atoms. The summed E-state index contributed by atoms with van der Waals surface area (Å²) in [7, 11) is 1.87. The average molecular weight is 350 g/mol. The fraction of sp³-hybridized carbons (Fsp3) is 0.0870. The van der Waals surface area contributed by atoms with Crippen LogP contribution in [0, 0.1) is 13.5 Å². The van der Waals surface area contributed by atoms with Crippen LogP contribution in [0.25, 0.3) is 38.3 Å². The molecule has 27 heavy (non-hydrogen) atoms. The van der Waals surface area contributed by atoms with Crippen molar-refractivity contribution in [2.75, 3.05) is 12.4 Å². The molecular formula is C23H18N4. The first-order chi connectivity index (χ1) is 13.2. The summed E-state index contributed by atoms with van der Waals surface area (Å²) < 4.78 is 0. The number of benzene rings is 3. The van der Waals surface area contributed by atoms with Crippen molar-refractivity contribution in [1.82, 2.24) is 9.97 Å². The Balaban J connectivity index is 1.94. The van der Waals surface area contributed by atoms with Crippen molar-refractivity contribution < 1.29 is 0 Å². The van der Waals surface area contributed by atoms with Gasteiger partial charge in [-0.15, -0.1) is 0 Å². The van der Waals surface area contributed by atoms with Crippen LogP contribution in [0.15, 0.2) is 66.7 Å². The summed E-state index contributed by atoms with van der Waals surface area (Å²) in [6.07, 6.45) is 0. The van der Waals surface area contributed by atoms with E-state index in [1.807, 2.05) is 61.6 Å². The van der Waals surface area contributed by atoms with Gasteiger partial charge in [0.1, 0.15) is 5.82 Å². The quantitative estimate of drug-likeness (QED) is 0.470. The Morgan fingerprint density at radius 2 is 1.63 bits per heavy atom. The van der Waals surface area contributed by atoms with E-state index in [0.29, 0.717) is 11.5 Å². The number of nitrogens with one attached hydrogen (secondary N) is 1. The highest BCUT2D eigenvalue weighted by Gasteiger charge is 2.12. The summed E-state index contributed by atoms with van der Waals surface area (Å²) in [6.45, 7) is 9.30. The first-order valence-electron chi connectivity index (χ1n) is 8.73. The van der Waals surface area contributed by atoms with Gasteiger partial charge in [0.05, 0.1) is 12.1 Å². The lowest BCUT2D eigenvalue weighted by molar-refractivity contribution is 1.20. The molecule has 0 aliphatic heterocycles. The second-order valence-electron chi connectivity index (χ2n) is 6.36. The first kappa shape index (κ1) is 16.7. The first-order valence-corrected chi connectivity index (χ1v) is 8.73. The van der Waals surface area contributed by atoms with Gasteiger partial charge in [-0.05, 0) is 41.8 Å². The lowest BCUT2D eigenvalue weighted by Crippen LogP contribution is -2.00. The summed E-state index contributed by atoms with van der Waals surface area (Å²) in [5, 5.41) is 4.18. The van der Waals surface area contributed by atoms with E-state index in [0.717, 1.165) is 39.0 Å². The molecule has 0 fully saturated rings. The Labute approximate surface area is 158 Å². The Hall–Kier alpha value is -3.71. The van der Waals surface area contributed by atoms with E-state index in [4.69, 9.17) is 16.5 Å². The van der Waals surface area contributed by atoms with E-state index in [1.165, 1.54) is 0 Å². The zero-order chi connectivity index (χ0) is 18.8. The van der Waals surface area contributed by atoms with Crippen molar-refractivity contribution in [3.63, 3.8) is 0 Å². The molecular weight excluding hydrogens is 332 g/mol. The van der Waals surface area contributed by atoms with Crippen LogP contribution < -0.4 is 5.32 Å². The fourth-order valence-electron chi connectivity index (χ4n) is 3.23. The van der Waals surface area contributed by atoms with Crippen molar-refractivity contribution in [3.8, 4) is 22.5 Å². The summed E-state index contributed by atoms with van der Waals surface area (Å²) in [4.78, 5) is 13.1. The van der Waals surface area contributed by atoms with Crippen LogP contribution in [0.3, 0.4) is 0 Å². The molecule has 0 aliphatic carbocycles. The number of anilines is 1. The molecule has 0 atom stereocenters. The zero-order valence-corrected chi connectivity index (χ0v) is 15.2. The number of hydrogen-bond acceptors (Lipinski definition) is 3. The predicted octanol–water partition coefficient (Wildman–Crippen LogP) is 5.86. The molecule has 130 valence electrons. The maximum Gasteiger partial charge on any atom is 0.187 e. The number of aromatic nitrogens is 2. The van der Waals surface area contributed by atoms with E-state index in [2.05, 4.69) is 29.2 Å². The van der Waals surface area contributed by atoms with E-state index >= 15 is 0 Å². The molecule has 1 heterocycles. The molecule has 0 spiro atoms. The van der Waals surface area contributed by atoms with Gasteiger partial charge in [0, 0.05) is 18.0 Å². The van der Waals surface area contributed by atoms with E-state index in [1.54, 1.807) is 0 Å². The number of rotatable bonds is 3. The van der Waals surface area contributed by atoms with Gasteiger partial charge in [-0.2, -0.15) is 0 Å². The van der Waals surface area contributed by atoms with E-state index in [-0.39, 0.29) is 0 Å². The molecule has 4 aromatic rings. The van der Waals surface area contributed by atoms with Crippen LogP contribution in [0.2, 0.25) is 0 Å². The zero-order valence-electron chi connectivity index (χ0n) is 15.2. The van der Waals surface area contributed by atoms with Crippen LogP contribution in [-0.4, -0.2) is 17.0 Å². The van der Waals surface area contributed by atoms with Gasteiger partial charge in [0.25, 0.3) is 0 Å². The maximum absolute atomic E-state index is 7.24. The standard InChI is InChI=1S/C23H18N4/c1-15-12-18(17-10-7-11-19(13-17)24-2)14-20-21(15)26-22(27-23(20)25-3)16-8-5-4-6-9-16/h4-14H,1,3H3,(H,25,26,27). The Morgan fingerprint density at radius 1 is 0.852 bits per heavy atom. The molecule has 0 amide bonds.